The number of hydrogen-bond acceptors (Lipinski definition) is 9. The van der Waals surface area contributed by atoms with Gasteiger partial charge < -0.3 is 9.73 Å². The van der Waals surface area contributed by atoms with E-state index >= 15 is 0 Å². The van der Waals surface area contributed by atoms with Crippen molar-refractivity contribution in [2.75, 3.05) is 16.2 Å². The summed E-state index contributed by atoms with van der Waals surface area (Å²) in [5.74, 6) is -0.303. The Hall–Kier alpha value is -3.37. The molecule has 0 fully saturated rings. The Morgan fingerprint density at radius 1 is 1.08 bits per heavy atom. The van der Waals surface area contributed by atoms with E-state index in [9.17, 15) is 4.79 Å². The second-order valence-electron chi connectivity index (χ2n) is 4.95. The van der Waals surface area contributed by atoms with Crippen molar-refractivity contribution in [3.63, 3.8) is 0 Å². The number of anilines is 3. The molecule has 26 heavy (non-hydrogen) atoms. The summed E-state index contributed by atoms with van der Waals surface area (Å²) in [6.45, 7) is 0.421. The van der Waals surface area contributed by atoms with E-state index in [1.54, 1.807) is 18.2 Å². The van der Waals surface area contributed by atoms with Gasteiger partial charge in [0.15, 0.2) is 5.76 Å². The van der Waals surface area contributed by atoms with E-state index in [0.29, 0.717) is 11.6 Å². The second-order valence-corrected chi connectivity index (χ2v) is 5.39. The molecule has 1 amide bonds. The lowest BCUT2D eigenvalue weighted by molar-refractivity contribution is 0.0935. The van der Waals surface area contributed by atoms with Crippen LogP contribution in [0.1, 0.15) is 16.1 Å². The molecule has 0 bridgehead atoms. The molecule has 0 atom stereocenters. The van der Waals surface area contributed by atoms with E-state index in [1.165, 1.54) is 12.3 Å². The van der Waals surface area contributed by atoms with Crippen LogP contribution in [0.15, 0.2) is 47.1 Å². The maximum atomic E-state index is 11.8. The highest BCUT2D eigenvalue weighted by atomic mass is 35.5. The van der Waals surface area contributed by atoms with Crippen LogP contribution in [0.25, 0.3) is 0 Å². The molecule has 0 saturated carbocycles. The topological polar surface area (TPSA) is 137 Å². The monoisotopic (exact) mass is 375 g/mol. The number of hydrazine groups is 1. The van der Waals surface area contributed by atoms with Gasteiger partial charge in [-0.2, -0.15) is 15.0 Å². The van der Waals surface area contributed by atoms with Gasteiger partial charge in [0.25, 0.3) is 5.95 Å². The zero-order chi connectivity index (χ0) is 18.4. The molecule has 0 unspecified atom stereocenters. The van der Waals surface area contributed by atoms with Gasteiger partial charge in [-0.25, -0.2) is 5.48 Å². The molecule has 3 aromatic rings. The third-order valence-corrected chi connectivity index (χ3v) is 3.38. The molecule has 0 aliphatic carbocycles. The summed E-state index contributed by atoms with van der Waals surface area (Å²) in [7, 11) is 0. The molecule has 134 valence electrons. The number of nitrogens with one attached hydrogen (secondary N) is 4. The molecule has 2 aromatic heterocycles. The van der Waals surface area contributed by atoms with Crippen molar-refractivity contribution in [1.29, 1.82) is 0 Å². The van der Waals surface area contributed by atoms with Crippen LogP contribution >= 0.6 is 11.6 Å². The van der Waals surface area contributed by atoms with Crippen molar-refractivity contribution in [3.8, 4) is 0 Å². The van der Waals surface area contributed by atoms with E-state index in [4.69, 9.17) is 21.2 Å². The van der Waals surface area contributed by atoms with Crippen molar-refractivity contribution in [1.82, 2.24) is 20.4 Å². The van der Waals surface area contributed by atoms with Crippen LogP contribution in [0, 0.1) is 0 Å². The maximum Gasteiger partial charge on any atom is 0.305 e. The highest BCUT2D eigenvalue weighted by Crippen LogP contribution is 2.12. The molecule has 0 aliphatic rings. The fourth-order valence-electron chi connectivity index (χ4n) is 1.93. The Morgan fingerprint density at radius 2 is 1.81 bits per heavy atom. The lowest BCUT2D eigenvalue weighted by Crippen LogP contribution is -2.30. The van der Waals surface area contributed by atoms with Gasteiger partial charge in [-0.15, -0.1) is 0 Å². The number of aromatic nitrogens is 3. The molecule has 1 aromatic carbocycles. The first kappa shape index (κ1) is 17.5. The van der Waals surface area contributed by atoms with Crippen molar-refractivity contribution in [3.05, 3.63) is 59.0 Å². The first-order chi connectivity index (χ1) is 12.6. The van der Waals surface area contributed by atoms with Gasteiger partial charge in [-0.1, -0.05) is 23.7 Å². The average Bonchev–Trinajstić information content (AvgIpc) is 3.20. The standard InChI is InChI=1S/C15H14ClN7O3/c16-10-5-3-9(4-6-10)8-17-13-18-14(20-15(19-13)23-25)22-21-12(24)11-2-1-7-26-11/h1-7,25H,8H2,(H,21,24)(H3,17,18,19,20,22,23). The summed E-state index contributed by atoms with van der Waals surface area (Å²) in [6, 6.07) is 10.3. The summed E-state index contributed by atoms with van der Waals surface area (Å²) in [5, 5.41) is 12.7. The fraction of sp³-hybridized carbons (Fsp3) is 0.0667. The number of carbonyl (C=O) groups excluding carboxylic acids is 1. The largest absolute Gasteiger partial charge is 0.459 e. The van der Waals surface area contributed by atoms with Crippen molar-refractivity contribution in [2.24, 2.45) is 0 Å². The van der Waals surface area contributed by atoms with Gasteiger partial charge in [0, 0.05) is 11.6 Å². The van der Waals surface area contributed by atoms with Gasteiger partial charge in [-0.05, 0) is 29.8 Å². The van der Waals surface area contributed by atoms with E-state index in [2.05, 4.69) is 31.1 Å². The Morgan fingerprint density at radius 3 is 2.50 bits per heavy atom. The Kier molecular flexibility index (Phi) is 5.46. The van der Waals surface area contributed by atoms with E-state index in [0.717, 1.165) is 5.56 Å². The lowest BCUT2D eigenvalue weighted by Gasteiger charge is -2.10. The molecule has 0 radical (unpaired) electrons. The smallest absolute Gasteiger partial charge is 0.305 e. The zero-order valence-electron chi connectivity index (χ0n) is 13.2. The normalized spacial score (nSPS) is 10.2. The number of hydrogen-bond donors (Lipinski definition) is 5. The fourth-order valence-corrected chi connectivity index (χ4v) is 2.05. The Labute approximate surface area is 152 Å². The lowest BCUT2D eigenvalue weighted by atomic mass is 10.2. The molecular formula is C15H14ClN7O3. The van der Waals surface area contributed by atoms with Crippen LogP contribution < -0.4 is 21.6 Å². The minimum Gasteiger partial charge on any atom is -0.459 e. The highest BCUT2D eigenvalue weighted by Gasteiger charge is 2.10. The van der Waals surface area contributed by atoms with Crippen molar-refractivity contribution < 1.29 is 14.4 Å². The molecule has 0 saturated heterocycles. The first-order valence-electron chi connectivity index (χ1n) is 7.38. The van der Waals surface area contributed by atoms with Crippen LogP contribution in [0.2, 0.25) is 5.02 Å². The Balaban J connectivity index is 1.65. The molecule has 0 spiro atoms. The highest BCUT2D eigenvalue weighted by molar-refractivity contribution is 6.30. The molecule has 2 heterocycles. The van der Waals surface area contributed by atoms with Crippen LogP contribution in [0.4, 0.5) is 17.8 Å². The molecule has 3 rings (SSSR count). The van der Waals surface area contributed by atoms with E-state index < -0.39 is 5.91 Å². The summed E-state index contributed by atoms with van der Waals surface area (Å²) in [4.78, 5) is 23.8. The summed E-state index contributed by atoms with van der Waals surface area (Å²) in [6.07, 6.45) is 1.38. The van der Waals surface area contributed by atoms with E-state index in [-0.39, 0.29) is 23.6 Å². The van der Waals surface area contributed by atoms with Gasteiger partial charge >= 0.3 is 5.91 Å². The molecular weight excluding hydrogens is 362 g/mol. The summed E-state index contributed by atoms with van der Waals surface area (Å²) >= 11 is 5.85. The minimum absolute atomic E-state index is 0.00932. The number of halogens is 1. The number of furan rings is 1. The summed E-state index contributed by atoms with van der Waals surface area (Å²) < 4.78 is 4.97. The number of carbonyl (C=O) groups is 1. The third-order valence-electron chi connectivity index (χ3n) is 3.13. The quantitative estimate of drug-likeness (QED) is 0.394. The number of nitrogens with zero attached hydrogens (tertiary/aromatic N) is 3. The molecule has 10 nitrogen and oxygen atoms in total. The minimum atomic E-state index is -0.510. The predicted molar refractivity (Wildman–Crippen MR) is 93.8 cm³/mol. The van der Waals surface area contributed by atoms with Crippen LogP contribution in [0.3, 0.4) is 0 Å². The van der Waals surface area contributed by atoms with Crippen LogP contribution in [-0.2, 0) is 6.54 Å². The van der Waals surface area contributed by atoms with Crippen LogP contribution in [-0.4, -0.2) is 26.1 Å². The van der Waals surface area contributed by atoms with Crippen LogP contribution in [0.5, 0.6) is 0 Å². The second kappa shape index (κ2) is 8.14. The molecule has 5 N–H and O–H groups in total. The summed E-state index contributed by atoms with van der Waals surface area (Å²) in [5.41, 5.74) is 7.69. The zero-order valence-corrected chi connectivity index (χ0v) is 14.0. The SMILES string of the molecule is O=C(NNc1nc(NO)nc(NCc2ccc(Cl)cc2)n1)c1ccco1. The van der Waals surface area contributed by atoms with Crippen molar-refractivity contribution >= 4 is 35.4 Å². The molecule has 0 aliphatic heterocycles. The first-order valence-corrected chi connectivity index (χ1v) is 7.76. The number of amides is 1. The van der Waals surface area contributed by atoms with Crippen molar-refractivity contribution in [2.45, 2.75) is 6.54 Å². The van der Waals surface area contributed by atoms with Gasteiger partial charge in [-0.3, -0.25) is 20.9 Å². The number of benzene rings is 1. The number of rotatable bonds is 7. The van der Waals surface area contributed by atoms with Gasteiger partial charge in [0.1, 0.15) is 0 Å². The van der Waals surface area contributed by atoms with Gasteiger partial charge in [0.05, 0.1) is 6.26 Å². The molecule has 11 heteroatoms. The predicted octanol–water partition coefficient (Wildman–Crippen LogP) is 2.29. The maximum absolute atomic E-state index is 11.8. The Bertz CT molecular complexity index is 871. The third kappa shape index (κ3) is 4.59. The van der Waals surface area contributed by atoms with E-state index in [1.807, 2.05) is 17.6 Å². The average molecular weight is 376 g/mol. The van der Waals surface area contributed by atoms with Gasteiger partial charge in [0.2, 0.25) is 11.9 Å².